The van der Waals surface area contributed by atoms with Crippen molar-refractivity contribution in [3.8, 4) is 11.5 Å². The summed E-state index contributed by atoms with van der Waals surface area (Å²) in [6.07, 6.45) is 6.36. The summed E-state index contributed by atoms with van der Waals surface area (Å²) in [4.78, 5) is 0. The van der Waals surface area contributed by atoms with Gasteiger partial charge in [-0.1, -0.05) is 56.9 Å². The molecule has 0 heterocycles. The first kappa shape index (κ1) is 20.2. The van der Waals surface area contributed by atoms with Gasteiger partial charge in [-0.2, -0.15) is 0 Å². The maximum atomic E-state index is 13.0. The predicted molar refractivity (Wildman–Crippen MR) is 104 cm³/mol. The molecular formula is C22H30FNO2. The molecule has 142 valence electrons. The van der Waals surface area contributed by atoms with Crippen molar-refractivity contribution in [2.24, 2.45) is 0 Å². The quantitative estimate of drug-likeness (QED) is 0.510. The lowest BCUT2D eigenvalue weighted by atomic mass is 10.1. The molecule has 0 saturated carbocycles. The minimum Gasteiger partial charge on any atom is -0.493 e. The number of hydrogen-bond acceptors (Lipinski definition) is 3. The van der Waals surface area contributed by atoms with Gasteiger partial charge < -0.3 is 14.8 Å². The summed E-state index contributed by atoms with van der Waals surface area (Å²) in [5.41, 5.74) is 1.99. The van der Waals surface area contributed by atoms with Crippen molar-refractivity contribution >= 4 is 0 Å². The third kappa shape index (κ3) is 6.68. The fourth-order valence-corrected chi connectivity index (χ4v) is 2.84. The third-order valence-electron chi connectivity index (χ3n) is 4.35. The Balaban J connectivity index is 1.90. The van der Waals surface area contributed by atoms with Crippen molar-refractivity contribution in [2.45, 2.75) is 52.2 Å². The van der Waals surface area contributed by atoms with Crippen molar-refractivity contribution in [2.75, 3.05) is 13.7 Å². The van der Waals surface area contributed by atoms with Crippen LogP contribution in [0.2, 0.25) is 0 Å². The molecule has 0 aliphatic carbocycles. The molecule has 0 aliphatic rings. The van der Waals surface area contributed by atoms with Crippen LogP contribution in [0.25, 0.3) is 0 Å². The zero-order valence-electron chi connectivity index (χ0n) is 15.9. The molecular weight excluding hydrogens is 329 g/mol. The average molecular weight is 359 g/mol. The van der Waals surface area contributed by atoms with Gasteiger partial charge in [-0.3, -0.25) is 0 Å². The summed E-state index contributed by atoms with van der Waals surface area (Å²) in [5, 5.41) is 3.49. The van der Waals surface area contributed by atoms with Crippen LogP contribution in [0.15, 0.2) is 42.5 Å². The molecule has 0 bridgehead atoms. The highest BCUT2D eigenvalue weighted by Crippen LogP contribution is 2.31. The zero-order chi connectivity index (χ0) is 18.6. The first-order chi connectivity index (χ1) is 12.7. The Morgan fingerprint density at radius 2 is 1.73 bits per heavy atom. The molecule has 0 amide bonds. The topological polar surface area (TPSA) is 30.5 Å². The molecule has 0 aliphatic heterocycles. The highest BCUT2D eigenvalue weighted by Gasteiger charge is 2.11. The summed E-state index contributed by atoms with van der Waals surface area (Å²) in [6.45, 7) is 4.35. The van der Waals surface area contributed by atoms with Gasteiger partial charge in [0, 0.05) is 12.1 Å². The molecule has 2 aromatic rings. The van der Waals surface area contributed by atoms with Gasteiger partial charge in [-0.05, 0) is 36.7 Å². The molecule has 2 aromatic carbocycles. The number of methoxy groups -OCH3 is 1. The predicted octanol–water partition coefficient (Wildman–Crippen LogP) is 5.47. The number of para-hydroxylation sites is 1. The largest absolute Gasteiger partial charge is 0.493 e. The molecule has 0 fully saturated rings. The lowest BCUT2D eigenvalue weighted by molar-refractivity contribution is 0.280. The number of halogens is 1. The van der Waals surface area contributed by atoms with E-state index < -0.39 is 0 Å². The first-order valence-electron chi connectivity index (χ1n) is 9.48. The Morgan fingerprint density at radius 1 is 0.962 bits per heavy atom. The van der Waals surface area contributed by atoms with Crippen molar-refractivity contribution in [3.63, 3.8) is 0 Å². The lowest BCUT2D eigenvalue weighted by Crippen LogP contribution is -2.15. The summed E-state index contributed by atoms with van der Waals surface area (Å²) in [5.74, 6) is 1.22. The molecule has 2 rings (SSSR count). The second-order valence-electron chi connectivity index (χ2n) is 6.45. The fourth-order valence-electron chi connectivity index (χ4n) is 2.84. The number of ether oxygens (including phenoxy) is 2. The summed E-state index contributed by atoms with van der Waals surface area (Å²) >= 11 is 0. The van der Waals surface area contributed by atoms with E-state index in [2.05, 4.69) is 12.2 Å². The van der Waals surface area contributed by atoms with Crippen molar-refractivity contribution in [3.05, 3.63) is 59.4 Å². The van der Waals surface area contributed by atoms with Crippen molar-refractivity contribution < 1.29 is 13.9 Å². The summed E-state index contributed by atoms with van der Waals surface area (Å²) in [7, 11) is 1.64. The summed E-state index contributed by atoms with van der Waals surface area (Å²) in [6, 6.07) is 12.3. The normalized spacial score (nSPS) is 10.7. The minimum absolute atomic E-state index is 0.241. The zero-order valence-corrected chi connectivity index (χ0v) is 15.9. The van der Waals surface area contributed by atoms with Crippen LogP contribution in [-0.2, 0) is 13.2 Å². The van der Waals surface area contributed by atoms with E-state index in [1.807, 2.05) is 18.2 Å². The van der Waals surface area contributed by atoms with Crippen LogP contribution in [0.1, 0.15) is 50.2 Å². The van der Waals surface area contributed by atoms with Crippen LogP contribution in [0.4, 0.5) is 4.39 Å². The molecule has 1 N–H and O–H groups in total. The van der Waals surface area contributed by atoms with E-state index in [0.29, 0.717) is 12.4 Å². The average Bonchev–Trinajstić information content (AvgIpc) is 2.67. The smallest absolute Gasteiger partial charge is 0.166 e. The van der Waals surface area contributed by atoms with E-state index in [4.69, 9.17) is 9.47 Å². The maximum absolute atomic E-state index is 13.0. The number of nitrogens with one attached hydrogen (secondary N) is 1. The van der Waals surface area contributed by atoms with Crippen molar-refractivity contribution in [1.29, 1.82) is 0 Å². The van der Waals surface area contributed by atoms with Gasteiger partial charge in [0.05, 0.1) is 7.11 Å². The molecule has 3 nitrogen and oxygen atoms in total. The molecule has 0 unspecified atom stereocenters. The standard InChI is InChI=1S/C22H30FNO2/c1-3-4-5-6-7-15-24-16-19-9-8-10-21(25-2)22(19)26-17-18-11-13-20(23)14-12-18/h8-14,24H,3-7,15-17H2,1-2H3. The second-order valence-corrected chi connectivity index (χ2v) is 6.45. The van der Waals surface area contributed by atoms with Gasteiger partial charge in [0.25, 0.3) is 0 Å². The maximum Gasteiger partial charge on any atom is 0.166 e. The van der Waals surface area contributed by atoms with Crippen LogP contribution in [0.3, 0.4) is 0 Å². The monoisotopic (exact) mass is 359 g/mol. The van der Waals surface area contributed by atoms with Crippen LogP contribution in [0.5, 0.6) is 11.5 Å². The van der Waals surface area contributed by atoms with Gasteiger partial charge in [0.2, 0.25) is 0 Å². The van der Waals surface area contributed by atoms with E-state index in [9.17, 15) is 4.39 Å². The Bertz CT molecular complexity index is 643. The number of rotatable bonds is 12. The van der Waals surface area contributed by atoms with Crippen LogP contribution in [0, 0.1) is 5.82 Å². The van der Waals surface area contributed by atoms with Gasteiger partial charge in [0.1, 0.15) is 12.4 Å². The van der Waals surface area contributed by atoms with E-state index in [1.54, 1.807) is 19.2 Å². The Kier molecular flexibility index (Phi) is 8.98. The highest BCUT2D eigenvalue weighted by atomic mass is 19.1. The number of hydrogen-bond donors (Lipinski definition) is 1. The van der Waals surface area contributed by atoms with E-state index in [-0.39, 0.29) is 5.82 Å². The molecule has 0 aromatic heterocycles. The third-order valence-corrected chi connectivity index (χ3v) is 4.35. The number of unbranched alkanes of at least 4 members (excludes halogenated alkanes) is 4. The van der Waals surface area contributed by atoms with E-state index >= 15 is 0 Å². The molecule has 0 saturated heterocycles. The Labute approximate surface area is 156 Å². The van der Waals surface area contributed by atoms with Gasteiger partial charge in [0.15, 0.2) is 11.5 Å². The fraction of sp³-hybridized carbons (Fsp3) is 0.455. The highest BCUT2D eigenvalue weighted by molar-refractivity contribution is 5.46. The SMILES string of the molecule is CCCCCCCNCc1cccc(OC)c1OCc1ccc(F)cc1. The molecule has 4 heteroatoms. The van der Waals surface area contributed by atoms with Gasteiger partial charge in [-0.15, -0.1) is 0 Å². The van der Waals surface area contributed by atoms with E-state index in [1.165, 1.54) is 44.2 Å². The first-order valence-corrected chi connectivity index (χ1v) is 9.48. The molecule has 0 spiro atoms. The van der Waals surface area contributed by atoms with Crippen LogP contribution in [-0.4, -0.2) is 13.7 Å². The lowest BCUT2D eigenvalue weighted by Gasteiger charge is -2.16. The van der Waals surface area contributed by atoms with Gasteiger partial charge in [-0.25, -0.2) is 4.39 Å². The minimum atomic E-state index is -0.241. The van der Waals surface area contributed by atoms with Crippen molar-refractivity contribution in [1.82, 2.24) is 5.32 Å². The van der Waals surface area contributed by atoms with Crippen LogP contribution < -0.4 is 14.8 Å². The number of benzene rings is 2. The Morgan fingerprint density at radius 3 is 2.46 bits per heavy atom. The van der Waals surface area contributed by atoms with Gasteiger partial charge >= 0.3 is 0 Å². The van der Waals surface area contributed by atoms with Crippen LogP contribution >= 0.6 is 0 Å². The summed E-state index contributed by atoms with van der Waals surface area (Å²) < 4.78 is 24.5. The Hall–Kier alpha value is -2.07. The van der Waals surface area contributed by atoms with E-state index in [0.717, 1.165) is 30.0 Å². The molecule has 0 radical (unpaired) electrons. The second kappa shape index (κ2) is 11.5. The molecule has 0 atom stereocenters. The molecule has 26 heavy (non-hydrogen) atoms.